The zero-order valence-corrected chi connectivity index (χ0v) is 13.5. The molecular formula is C20H23Cl. The van der Waals surface area contributed by atoms with Crippen LogP contribution in [0, 0.1) is 0 Å². The molecule has 0 spiro atoms. The van der Waals surface area contributed by atoms with E-state index in [0.29, 0.717) is 5.88 Å². The molecule has 0 heterocycles. The zero-order chi connectivity index (χ0) is 15.1. The molecule has 2 rings (SSSR count). The minimum absolute atomic E-state index is 0.538. The third-order valence-electron chi connectivity index (χ3n) is 3.88. The standard InChI is InChI=1S/C20H23Cl/c1-3-5-6-10-17-13-9-12-16(4-2)20(17)19-14-8-7-11-18(19)15-21/h4,7-9,11-14H,2-3,5-6,10,15H2,1H3. The lowest BCUT2D eigenvalue weighted by Gasteiger charge is -2.16. The molecule has 0 saturated carbocycles. The maximum atomic E-state index is 6.13. The van der Waals surface area contributed by atoms with Crippen LogP contribution in [0.25, 0.3) is 17.2 Å². The maximum Gasteiger partial charge on any atom is 0.0480 e. The van der Waals surface area contributed by atoms with Gasteiger partial charge in [-0.2, -0.15) is 0 Å². The number of rotatable bonds is 7. The van der Waals surface area contributed by atoms with Gasteiger partial charge in [0.15, 0.2) is 0 Å². The maximum absolute atomic E-state index is 6.13. The van der Waals surface area contributed by atoms with Crippen LogP contribution in [0.2, 0.25) is 0 Å². The lowest BCUT2D eigenvalue weighted by atomic mass is 9.89. The number of aryl methyl sites for hydroxylation is 1. The summed E-state index contributed by atoms with van der Waals surface area (Å²) in [5, 5.41) is 0. The molecule has 0 bridgehead atoms. The van der Waals surface area contributed by atoms with Crippen molar-refractivity contribution in [2.24, 2.45) is 0 Å². The van der Waals surface area contributed by atoms with E-state index in [1.165, 1.54) is 47.1 Å². The van der Waals surface area contributed by atoms with Crippen molar-refractivity contribution >= 4 is 17.7 Å². The van der Waals surface area contributed by atoms with Crippen LogP contribution >= 0.6 is 11.6 Å². The van der Waals surface area contributed by atoms with Crippen molar-refractivity contribution in [2.45, 2.75) is 38.5 Å². The highest BCUT2D eigenvalue weighted by molar-refractivity contribution is 6.17. The van der Waals surface area contributed by atoms with Crippen LogP contribution in [0.3, 0.4) is 0 Å². The van der Waals surface area contributed by atoms with Crippen LogP contribution in [-0.4, -0.2) is 0 Å². The Balaban J connectivity index is 2.51. The molecule has 21 heavy (non-hydrogen) atoms. The Labute approximate surface area is 133 Å². The molecule has 0 aromatic heterocycles. The number of alkyl halides is 1. The second-order valence-electron chi connectivity index (χ2n) is 5.33. The van der Waals surface area contributed by atoms with Crippen LogP contribution in [0.4, 0.5) is 0 Å². The topological polar surface area (TPSA) is 0 Å². The van der Waals surface area contributed by atoms with Gasteiger partial charge in [0.1, 0.15) is 0 Å². The second-order valence-corrected chi connectivity index (χ2v) is 5.60. The Morgan fingerprint density at radius 1 is 1.00 bits per heavy atom. The fourth-order valence-corrected chi connectivity index (χ4v) is 3.01. The minimum atomic E-state index is 0.538. The van der Waals surface area contributed by atoms with Gasteiger partial charge in [-0.25, -0.2) is 0 Å². The van der Waals surface area contributed by atoms with Crippen molar-refractivity contribution in [3.05, 3.63) is 65.7 Å². The van der Waals surface area contributed by atoms with Crippen molar-refractivity contribution in [3.63, 3.8) is 0 Å². The van der Waals surface area contributed by atoms with E-state index in [4.69, 9.17) is 11.6 Å². The van der Waals surface area contributed by atoms with Gasteiger partial charge in [-0.3, -0.25) is 0 Å². The molecule has 0 nitrogen and oxygen atoms in total. The molecule has 0 unspecified atom stereocenters. The van der Waals surface area contributed by atoms with E-state index in [1.807, 2.05) is 6.08 Å². The number of hydrogen-bond acceptors (Lipinski definition) is 0. The lowest BCUT2D eigenvalue weighted by molar-refractivity contribution is 0.718. The Kier molecular flexibility index (Phi) is 6.07. The summed E-state index contributed by atoms with van der Waals surface area (Å²) in [6.45, 7) is 6.22. The summed E-state index contributed by atoms with van der Waals surface area (Å²) >= 11 is 6.13. The molecule has 0 radical (unpaired) electrons. The van der Waals surface area contributed by atoms with Crippen LogP contribution in [0.15, 0.2) is 49.0 Å². The highest BCUT2D eigenvalue weighted by Crippen LogP contribution is 2.33. The van der Waals surface area contributed by atoms with E-state index in [2.05, 4.69) is 56.0 Å². The number of benzene rings is 2. The Hall–Kier alpha value is -1.53. The zero-order valence-electron chi connectivity index (χ0n) is 12.7. The van der Waals surface area contributed by atoms with Gasteiger partial charge in [-0.1, -0.05) is 74.9 Å². The number of hydrogen-bond donors (Lipinski definition) is 0. The van der Waals surface area contributed by atoms with Gasteiger partial charge < -0.3 is 0 Å². The molecule has 0 aliphatic rings. The highest BCUT2D eigenvalue weighted by Gasteiger charge is 2.12. The van der Waals surface area contributed by atoms with Gasteiger partial charge >= 0.3 is 0 Å². The summed E-state index contributed by atoms with van der Waals surface area (Å²) in [4.78, 5) is 0. The van der Waals surface area contributed by atoms with Gasteiger partial charge in [0, 0.05) is 5.88 Å². The second kappa shape index (κ2) is 8.05. The Morgan fingerprint density at radius 2 is 1.76 bits per heavy atom. The molecule has 0 N–H and O–H groups in total. The van der Waals surface area contributed by atoms with Crippen LogP contribution < -0.4 is 0 Å². The largest absolute Gasteiger partial charge is 0.122 e. The van der Waals surface area contributed by atoms with Gasteiger partial charge in [-0.15, -0.1) is 11.6 Å². The average Bonchev–Trinajstić information content (AvgIpc) is 2.54. The van der Waals surface area contributed by atoms with E-state index in [1.54, 1.807) is 0 Å². The molecule has 0 aliphatic heterocycles. The molecule has 0 aliphatic carbocycles. The molecule has 0 atom stereocenters. The highest BCUT2D eigenvalue weighted by atomic mass is 35.5. The average molecular weight is 299 g/mol. The predicted octanol–water partition coefficient (Wildman–Crippen LogP) is 6.47. The van der Waals surface area contributed by atoms with Gasteiger partial charge in [-0.05, 0) is 40.7 Å². The molecule has 0 amide bonds. The van der Waals surface area contributed by atoms with E-state index < -0.39 is 0 Å². The first-order chi connectivity index (χ1) is 10.3. The van der Waals surface area contributed by atoms with E-state index in [0.717, 1.165) is 6.42 Å². The van der Waals surface area contributed by atoms with E-state index >= 15 is 0 Å². The fourth-order valence-electron chi connectivity index (χ4n) is 2.77. The third kappa shape index (κ3) is 3.77. The predicted molar refractivity (Wildman–Crippen MR) is 94.8 cm³/mol. The first-order valence-electron chi connectivity index (χ1n) is 7.70. The van der Waals surface area contributed by atoms with Crippen LogP contribution in [0.5, 0.6) is 0 Å². The monoisotopic (exact) mass is 298 g/mol. The summed E-state index contributed by atoms with van der Waals surface area (Å²) < 4.78 is 0. The molecule has 110 valence electrons. The first kappa shape index (κ1) is 15.9. The molecule has 2 aromatic carbocycles. The van der Waals surface area contributed by atoms with Gasteiger partial charge in [0.05, 0.1) is 0 Å². The summed E-state index contributed by atoms with van der Waals surface area (Å²) in [5.41, 5.74) is 6.33. The Morgan fingerprint density at radius 3 is 2.48 bits per heavy atom. The van der Waals surface area contributed by atoms with Gasteiger partial charge in [0.2, 0.25) is 0 Å². The quantitative estimate of drug-likeness (QED) is 0.406. The van der Waals surface area contributed by atoms with Crippen molar-refractivity contribution in [3.8, 4) is 11.1 Å². The summed E-state index contributed by atoms with van der Waals surface area (Å²) in [5.74, 6) is 0.538. The molecule has 2 aromatic rings. The minimum Gasteiger partial charge on any atom is -0.122 e. The SMILES string of the molecule is C=Cc1cccc(CCCCC)c1-c1ccccc1CCl. The van der Waals surface area contributed by atoms with E-state index in [-0.39, 0.29) is 0 Å². The first-order valence-corrected chi connectivity index (χ1v) is 8.23. The Bertz CT molecular complexity index is 599. The normalized spacial score (nSPS) is 10.6. The van der Waals surface area contributed by atoms with Crippen molar-refractivity contribution < 1.29 is 0 Å². The lowest BCUT2D eigenvalue weighted by Crippen LogP contribution is -1.96. The van der Waals surface area contributed by atoms with Crippen molar-refractivity contribution in [1.29, 1.82) is 0 Å². The van der Waals surface area contributed by atoms with Gasteiger partial charge in [0.25, 0.3) is 0 Å². The molecule has 0 fully saturated rings. The smallest absolute Gasteiger partial charge is 0.0480 e. The fraction of sp³-hybridized carbons (Fsp3) is 0.300. The van der Waals surface area contributed by atoms with E-state index in [9.17, 15) is 0 Å². The van der Waals surface area contributed by atoms with Crippen LogP contribution in [-0.2, 0) is 12.3 Å². The summed E-state index contributed by atoms with van der Waals surface area (Å²) in [7, 11) is 0. The van der Waals surface area contributed by atoms with Crippen molar-refractivity contribution in [2.75, 3.05) is 0 Å². The number of unbranched alkanes of at least 4 members (excludes halogenated alkanes) is 2. The summed E-state index contributed by atoms with van der Waals surface area (Å²) in [6, 6.07) is 14.9. The van der Waals surface area contributed by atoms with Crippen molar-refractivity contribution in [1.82, 2.24) is 0 Å². The molecule has 0 saturated heterocycles. The summed E-state index contributed by atoms with van der Waals surface area (Å²) in [6.07, 6.45) is 6.81. The molecular weight excluding hydrogens is 276 g/mol. The number of halogens is 1. The third-order valence-corrected chi connectivity index (χ3v) is 4.17. The molecule has 1 heteroatoms. The van der Waals surface area contributed by atoms with Crippen LogP contribution in [0.1, 0.15) is 42.9 Å².